The molecule has 1 saturated heterocycles. The van der Waals surface area contributed by atoms with Gasteiger partial charge in [-0.25, -0.2) is 9.69 Å². The minimum Gasteiger partial charge on any atom is -0.497 e. The van der Waals surface area contributed by atoms with Crippen molar-refractivity contribution in [2.75, 3.05) is 19.5 Å². The Labute approximate surface area is 157 Å². The molecular formula is C20H21NO4S. The normalized spacial score (nSPS) is 17.7. The molecule has 0 N–H and O–H groups in total. The van der Waals surface area contributed by atoms with E-state index in [1.54, 1.807) is 18.9 Å². The third-order valence-electron chi connectivity index (χ3n) is 4.28. The van der Waals surface area contributed by atoms with Crippen LogP contribution < -0.4 is 4.74 Å². The van der Waals surface area contributed by atoms with Crippen molar-refractivity contribution in [3.8, 4) is 5.75 Å². The van der Waals surface area contributed by atoms with Gasteiger partial charge in [0, 0.05) is 16.6 Å². The van der Waals surface area contributed by atoms with E-state index in [-0.39, 0.29) is 24.5 Å². The highest BCUT2D eigenvalue weighted by molar-refractivity contribution is 7.99. The molecule has 0 aliphatic carbocycles. The van der Waals surface area contributed by atoms with Crippen molar-refractivity contribution in [1.29, 1.82) is 0 Å². The van der Waals surface area contributed by atoms with Gasteiger partial charge in [-0.2, -0.15) is 0 Å². The Hall–Kier alpha value is -2.47. The predicted molar refractivity (Wildman–Crippen MR) is 100 cm³/mol. The van der Waals surface area contributed by atoms with E-state index in [2.05, 4.69) is 0 Å². The number of carbonyl (C=O) groups is 2. The van der Waals surface area contributed by atoms with Crippen LogP contribution in [0.3, 0.4) is 0 Å². The first kappa shape index (κ1) is 18.3. The highest BCUT2D eigenvalue weighted by atomic mass is 32.2. The second kappa shape index (κ2) is 8.27. The molecule has 26 heavy (non-hydrogen) atoms. The number of cyclic esters (lactones) is 1. The molecule has 6 heteroatoms. The molecule has 0 spiro atoms. The SMILES string of the molecule is COc1ccc(SC[C@@H](C)C(=O)N2C(=O)OC[C@@H]2c2ccccc2)cc1. The summed E-state index contributed by atoms with van der Waals surface area (Å²) in [7, 11) is 1.63. The third-order valence-corrected chi connectivity index (χ3v) is 5.55. The Morgan fingerprint density at radius 2 is 1.92 bits per heavy atom. The molecule has 1 heterocycles. The summed E-state index contributed by atoms with van der Waals surface area (Å²) < 4.78 is 10.3. The first-order chi connectivity index (χ1) is 12.6. The fourth-order valence-electron chi connectivity index (χ4n) is 2.79. The van der Waals surface area contributed by atoms with E-state index >= 15 is 0 Å². The summed E-state index contributed by atoms with van der Waals surface area (Å²) in [5.41, 5.74) is 0.904. The van der Waals surface area contributed by atoms with E-state index in [1.807, 2.05) is 61.5 Å². The number of carbonyl (C=O) groups excluding carboxylic acids is 2. The molecule has 3 rings (SSSR count). The number of hydrogen-bond donors (Lipinski definition) is 0. The lowest BCUT2D eigenvalue weighted by atomic mass is 10.1. The Balaban J connectivity index is 1.65. The molecule has 0 saturated carbocycles. The minimum atomic E-state index is -0.565. The van der Waals surface area contributed by atoms with Gasteiger partial charge in [0.2, 0.25) is 5.91 Å². The molecule has 1 fully saturated rings. The van der Waals surface area contributed by atoms with E-state index in [4.69, 9.17) is 9.47 Å². The fourth-order valence-corrected chi connectivity index (χ4v) is 3.70. The molecule has 2 amide bonds. The number of imide groups is 1. The Morgan fingerprint density at radius 3 is 2.58 bits per heavy atom. The average molecular weight is 371 g/mol. The molecule has 1 aliphatic rings. The van der Waals surface area contributed by atoms with Crippen LogP contribution in [0.1, 0.15) is 18.5 Å². The Morgan fingerprint density at radius 1 is 1.23 bits per heavy atom. The van der Waals surface area contributed by atoms with Crippen LogP contribution in [-0.2, 0) is 9.53 Å². The summed E-state index contributed by atoms with van der Waals surface area (Å²) in [6.07, 6.45) is -0.565. The van der Waals surface area contributed by atoms with Gasteiger partial charge >= 0.3 is 6.09 Å². The maximum atomic E-state index is 12.9. The number of thioether (sulfide) groups is 1. The average Bonchev–Trinajstić information content (AvgIpc) is 3.08. The highest BCUT2D eigenvalue weighted by Crippen LogP contribution is 2.31. The first-order valence-electron chi connectivity index (χ1n) is 8.41. The maximum absolute atomic E-state index is 12.9. The topological polar surface area (TPSA) is 55.8 Å². The van der Waals surface area contributed by atoms with Gasteiger partial charge in [0.25, 0.3) is 0 Å². The Kier molecular flexibility index (Phi) is 5.83. The number of hydrogen-bond acceptors (Lipinski definition) is 5. The van der Waals surface area contributed by atoms with Gasteiger partial charge in [-0.05, 0) is 29.8 Å². The zero-order valence-electron chi connectivity index (χ0n) is 14.8. The third kappa shape index (κ3) is 4.02. The van der Waals surface area contributed by atoms with Crippen molar-refractivity contribution < 1.29 is 19.1 Å². The summed E-state index contributed by atoms with van der Waals surface area (Å²) in [6.45, 7) is 2.04. The highest BCUT2D eigenvalue weighted by Gasteiger charge is 2.40. The molecule has 0 aromatic heterocycles. The maximum Gasteiger partial charge on any atom is 0.417 e. The van der Waals surface area contributed by atoms with Crippen LogP contribution in [0.25, 0.3) is 0 Å². The molecule has 1 aliphatic heterocycles. The second-order valence-corrected chi connectivity index (χ2v) is 7.19. The van der Waals surface area contributed by atoms with Crippen molar-refractivity contribution in [3.05, 3.63) is 60.2 Å². The molecule has 5 nitrogen and oxygen atoms in total. The molecule has 0 radical (unpaired) electrons. The predicted octanol–water partition coefficient (Wildman–Crippen LogP) is 4.14. The smallest absolute Gasteiger partial charge is 0.417 e. The molecule has 136 valence electrons. The lowest BCUT2D eigenvalue weighted by Crippen LogP contribution is -2.38. The first-order valence-corrected chi connectivity index (χ1v) is 9.40. The monoisotopic (exact) mass is 371 g/mol. The van der Waals surface area contributed by atoms with Gasteiger partial charge in [-0.1, -0.05) is 37.3 Å². The molecule has 2 atom stereocenters. The van der Waals surface area contributed by atoms with E-state index in [0.29, 0.717) is 5.75 Å². The molecule has 0 bridgehead atoms. The second-order valence-electron chi connectivity index (χ2n) is 6.10. The lowest BCUT2D eigenvalue weighted by Gasteiger charge is -2.23. The van der Waals surface area contributed by atoms with Crippen LogP contribution in [0.5, 0.6) is 5.75 Å². The van der Waals surface area contributed by atoms with Gasteiger partial charge in [0.15, 0.2) is 0 Å². The molecule has 2 aromatic carbocycles. The van der Waals surface area contributed by atoms with Gasteiger partial charge in [-0.15, -0.1) is 11.8 Å². The van der Waals surface area contributed by atoms with E-state index in [0.717, 1.165) is 16.2 Å². The summed E-state index contributed by atoms with van der Waals surface area (Å²) in [6, 6.07) is 16.8. The van der Waals surface area contributed by atoms with Crippen LogP contribution >= 0.6 is 11.8 Å². The van der Waals surface area contributed by atoms with E-state index < -0.39 is 6.09 Å². The number of rotatable bonds is 6. The van der Waals surface area contributed by atoms with Gasteiger partial charge in [0.1, 0.15) is 18.4 Å². The largest absolute Gasteiger partial charge is 0.497 e. The summed E-state index contributed by atoms with van der Waals surface area (Å²) in [4.78, 5) is 27.3. The van der Waals surface area contributed by atoms with Crippen LogP contribution in [0.15, 0.2) is 59.5 Å². The van der Waals surface area contributed by atoms with Crippen molar-refractivity contribution in [2.45, 2.75) is 17.9 Å². The van der Waals surface area contributed by atoms with Crippen molar-refractivity contribution in [1.82, 2.24) is 4.90 Å². The van der Waals surface area contributed by atoms with Crippen LogP contribution in [-0.4, -0.2) is 36.4 Å². The lowest BCUT2D eigenvalue weighted by molar-refractivity contribution is -0.132. The van der Waals surface area contributed by atoms with E-state index in [1.165, 1.54) is 4.90 Å². The number of nitrogens with zero attached hydrogens (tertiary/aromatic N) is 1. The summed E-state index contributed by atoms with van der Waals surface area (Å²) in [5, 5.41) is 0. The van der Waals surface area contributed by atoms with Gasteiger partial charge in [-0.3, -0.25) is 4.79 Å². The van der Waals surface area contributed by atoms with Crippen LogP contribution in [0.4, 0.5) is 4.79 Å². The van der Waals surface area contributed by atoms with Crippen molar-refractivity contribution in [3.63, 3.8) is 0 Å². The van der Waals surface area contributed by atoms with Gasteiger partial charge in [0.05, 0.1) is 7.11 Å². The van der Waals surface area contributed by atoms with Crippen molar-refractivity contribution in [2.24, 2.45) is 5.92 Å². The number of methoxy groups -OCH3 is 1. The van der Waals surface area contributed by atoms with Crippen molar-refractivity contribution >= 4 is 23.8 Å². The number of ether oxygens (including phenoxy) is 2. The standard InChI is InChI=1S/C20H21NO4S/c1-14(13-26-17-10-8-16(24-2)9-11-17)19(22)21-18(12-25-20(21)23)15-6-4-3-5-7-15/h3-11,14,18H,12-13H2,1-2H3/t14-,18-/m1/s1. The zero-order valence-corrected chi connectivity index (χ0v) is 15.6. The minimum absolute atomic E-state index is 0.201. The number of benzene rings is 2. The quantitative estimate of drug-likeness (QED) is 0.714. The Bertz CT molecular complexity index is 763. The summed E-state index contributed by atoms with van der Waals surface area (Å²) >= 11 is 1.58. The molecule has 2 aromatic rings. The van der Waals surface area contributed by atoms with Gasteiger partial charge < -0.3 is 9.47 Å². The van der Waals surface area contributed by atoms with Crippen LogP contribution in [0, 0.1) is 5.92 Å². The number of amides is 2. The zero-order chi connectivity index (χ0) is 18.5. The molecule has 0 unspecified atom stereocenters. The molecular weight excluding hydrogens is 350 g/mol. The fraction of sp³-hybridized carbons (Fsp3) is 0.300. The van der Waals surface area contributed by atoms with E-state index in [9.17, 15) is 9.59 Å². The summed E-state index contributed by atoms with van der Waals surface area (Å²) in [5.74, 6) is 0.863. The van der Waals surface area contributed by atoms with Crippen LogP contribution in [0.2, 0.25) is 0 Å².